The first-order chi connectivity index (χ1) is 8.47. The van der Waals surface area contributed by atoms with Crippen LogP contribution in [0.2, 0.25) is 0 Å². The van der Waals surface area contributed by atoms with Crippen molar-refractivity contribution in [2.45, 2.75) is 18.9 Å². The lowest BCUT2D eigenvalue weighted by Gasteiger charge is -2.23. The Morgan fingerprint density at radius 2 is 2.11 bits per heavy atom. The summed E-state index contributed by atoms with van der Waals surface area (Å²) >= 11 is 3.29. The van der Waals surface area contributed by atoms with Gasteiger partial charge in [-0.15, -0.1) is 0 Å². The number of hydrogen-bond acceptors (Lipinski definition) is 3. The third-order valence-corrected chi connectivity index (χ3v) is 3.11. The zero-order chi connectivity index (χ0) is 13.2. The molecule has 0 fully saturated rings. The zero-order valence-electron chi connectivity index (χ0n) is 9.77. The minimum Gasteiger partial charge on any atom is -0.385 e. The molecule has 1 unspecified atom stereocenters. The summed E-state index contributed by atoms with van der Waals surface area (Å²) in [4.78, 5) is 7.93. The highest BCUT2D eigenvalue weighted by Gasteiger charge is 2.25. The molecule has 1 N–H and O–H groups in total. The van der Waals surface area contributed by atoms with Gasteiger partial charge < -0.3 is 5.11 Å². The maximum Gasteiger partial charge on any atom is 0.141 e. The van der Waals surface area contributed by atoms with Gasteiger partial charge in [-0.25, -0.2) is 4.39 Å². The predicted molar refractivity (Wildman–Crippen MR) is 69.4 cm³/mol. The molecule has 2 heterocycles. The van der Waals surface area contributed by atoms with Gasteiger partial charge in [0.25, 0.3) is 0 Å². The average molecular weight is 311 g/mol. The zero-order valence-corrected chi connectivity index (χ0v) is 11.4. The van der Waals surface area contributed by atoms with E-state index in [0.717, 1.165) is 16.4 Å². The summed E-state index contributed by atoms with van der Waals surface area (Å²) in [5.41, 5.74) is -0.0321. The normalized spacial score (nSPS) is 14.2. The lowest BCUT2D eigenvalue weighted by molar-refractivity contribution is 0.0559. The van der Waals surface area contributed by atoms with Gasteiger partial charge in [0.1, 0.15) is 5.82 Å². The SMILES string of the molecule is CC(O)(Cc1ccc(Br)cn1)c1cncc(F)c1. The third-order valence-electron chi connectivity index (χ3n) is 2.64. The van der Waals surface area contributed by atoms with Gasteiger partial charge in [0.2, 0.25) is 0 Å². The van der Waals surface area contributed by atoms with Gasteiger partial charge in [-0.3, -0.25) is 9.97 Å². The highest BCUT2D eigenvalue weighted by atomic mass is 79.9. The Balaban J connectivity index is 2.23. The van der Waals surface area contributed by atoms with Gasteiger partial charge in [0.05, 0.1) is 11.8 Å². The third kappa shape index (κ3) is 3.11. The number of rotatable bonds is 3. The molecular weight excluding hydrogens is 299 g/mol. The topological polar surface area (TPSA) is 46.0 Å². The lowest BCUT2D eigenvalue weighted by Crippen LogP contribution is -2.25. The van der Waals surface area contributed by atoms with Crippen molar-refractivity contribution in [1.29, 1.82) is 0 Å². The first-order valence-corrected chi connectivity index (χ1v) is 6.20. The van der Waals surface area contributed by atoms with Crippen molar-refractivity contribution >= 4 is 15.9 Å². The molecule has 0 aliphatic rings. The first-order valence-electron chi connectivity index (χ1n) is 5.41. The molecule has 5 heteroatoms. The van der Waals surface area contributed by atoms with Crippen molar-refractivity contribution < 1.29 is 9.50 Å². The number of aromatic nitrogens is 2. The second-order valence-electron chi connectivity index (χ2n) is 4.31. The maximum absolute atomic E-state index is 13.1. The molecule has 2 aromatic heterocycles. The Kier molecular flexibility index (Phi) is 3.73. The molecular formula is C13H12BrFN2O. The van der Waals surface area contributed by atoms with Crippen LogP contribution >= 0.6 is 15.9 Å². The summed E-state index contributed by atoms with van der Waals surface area (Å²) < 4.78 is 14.0. The first kappa shape index (κ1) is 13.1. The molecule has 0 aromatic carbocycles. The number of nitrogens with zero attached hydrogens (tertiary/aromatic N) is 2. The molecule has 0 aliphatic carbocycles. The van der Waals surface area contributed by atoms with Crippen LogP contribution in [0.1, 0.15) is 18.2 Å². The molecule has 0 amide bonds. The predicted octanol–water partition coefficient (Wildman–Crippen LogP) is 2.83. The van der Waals surface area contributed by atoms with Crippen LogP contribution in [-0.4, -0.2) is 15.1 Å². The Morgan fingerprint density at radius 3 is 2.72 bits per heavy atom. The number of pyridine rings is 2. The van der Waals surface area contributed by atoms with Crippen LogP contribution in [0, 0.1) is 5.82 Å². The van der Waals surface area contributed by atoms with Gasteiger partial charge in [-0.1, -0.05) is 0 Å². The van der Waals surface area contributed by atoms with Crippen molar-refractivity contribution in [3.63, 3.8) is 0 Å². The summed E-state index contributed by atoms with van der Waals surface area (Å²) in [5, 5.41) is 10.4. The van der Waals surface area contributed by atoms with E-state index in [1.165, 1.54) is 12.3 Å². The van der Waals surface area contributed by atoms with Gasteiger partial charge in [-0.2, -0.15) is 0 Å². The molecule has 1 atom stereocenters. The van der Waals surface area contributed by atoms with E-state index >= 15 is 0 Å². The van der Waals surface area contributed by atoms with Crippen LogP contribution in [0.3, 0.4) is 0 Å². The van der Waals surface area contributed by atoms with Crippen LogP contribution in [-0.2, 0) is 12.0 Å². The van der Waals surface area contributed by atoms with Crippen molar-refractivity contribution in [3.05, 3.63) is 58.3 Å². The van der Waals surface area contributed by atoms with Crippen LogP contribution in [0.5, 0.6) is 0 Å². The van der Waals surface area contributed by atoms with E-state index in [0.29, 0.717) is 12.0 Å². The quantitative estimate of drug-likeness (QED) is 0.948. The summed E-state index contributed by atoms with van der Waals surface area (Å²) in [6, 6.07) is 4.94. The molecule has 3 nitrogen and oxygen atoms in total. The van der Waals surface area contributed by atoms with Gasteiger partial charge in [0.15, 0.2) is 0 Å². The monoisotopic (exact) mass is 310 g/mol. The molecule has 2 rings (SSSR count). The molecule has 0 bridgehead atoms. The number of hydrogen-bond donors (Lipinski definition) is 1. The Morgan fingerprint density at radius 1 is 1.33 bits per heavy atom. The van der Waals surface area contributed by atoms with E-state index in [4.69, 9.17) is 0 Å². The molecule has 0 saturated heterocycles. The number of aliphatic hydroxyl groups is 1. The van der Waals surface area contributed by atoms with Crippen molar-refractivity contribution in [2.75, 3.05) is 0 Å². The minimum absolute atomic E-state index is 0.297. The highest BCUT2D eigenvalue weighted by molar-refractivity contribution is 9.10. The highest BCUT2D eigenvalue weighted by Crippen LogP contribution is 2.24. The Bertz CT molecular complexity index is 543. The average Bonchev–Trinajstić information content (AvgIpc) is 2.32. The summed E-state index contributed by atoms with van der Waals surface area (Å²) in [7, 11) is 0. The van der Waals surface area contributed by atoms with Crippen molar-refractivity contribution in [1.82, 2.24) is 9.97 Å². The molecule has 0 spiro atoms. The van der Waals surface area contributed by atoms with Crippen molar-refractivity contribution in [3.8, 4) is 0 Å². The van der Waals surface area contributed by atoms with E-state index < -0.39 is 11.4 Å². The summed E-state index contributed by atoms with van der Waals surface area (Å²) in [5.74, 6) is -0.462. The smallest absolute Gasteiger partial charge is 0.141 e. The van der Waals surface area contributed by atoms with E-state index in [1.807, 2.05) is 12.1 Å². The van der Waals surface area contributed by atoms with E-state index in [9.17, 15) is 9.50 Å². The minimum atomic E-state index is -1.20. The molecule has 2 aromatic rings. The van der Waals surface area contributed by atoms with Crippen LogP contribution < -0.4 is 0 Å². The summed E-state index contributed by atoms with van der Waals surface area (Å²) in [6.07, 6.45) is 4.53. The Hall–Kier alpha value is -1.33. The second-order valence-corrected chi connectivity index (χ2v) is 5.23. The maximum atomic E-state index is 13.1. The standard InChI is InChI=1S/C13H12BrFN2O/c1-13(18,9-4-11(15)8-16-6-9)5-12-3-2-10(14)7-17-12/h2-4,6-8,18H,5H2,1H3. The molecule has 0 radical (unpaired) electrons. The van der Waals surface area contributed by atoms with E-state index in [1.54, 1.807) is 13.1 Å². The molecule has 0 aliphatic heterocycles. The molecule has 18 heavy (non-hydrogen) atoms. The van der Waals surface area contributed by atoms with Crippen molar-refractivity contribution in [2.24, 2.45) is 0 Å². The van der Waals surface area contributed by atoms with Crippen LogP contribution in [0.15, 0.2) is 41.3 Å². The summed E-state index contributed by atoms with van der Waals surface area (Å²) in [6.45, 7) is 1.62. The fraction of sp³-hybridized carbons (Fsp3) is 0.231. The Labute approximate surface area is 113 Å². The number of halogens is 2. The lowest BCUT2D eigenvalue weighted by atomic mass is 9.92. The van der Waals surface area contributed by atoms with Crippen LogP contribution in [0.4, 0.5) is 4.39 Å². The van der Waals surface area contributed by atoms with E-state index in [-0.39, 0.29) is 0 Å². The van der Waals surface area contributed by atoms with Gasteiger partial charge >= 0.3 is 0 Å². The largest absolute Gasteiger partial charge is 0.385 e. The molecule has 94 valence electrons. The van der Waals surface area contributed by atoms with E-state index in [2.05, 4.69) is 25.9 Å². The second kappa shape index (κ2) is 5.12. The fourth-order valence-electron chi connectivity index (χ4n) is 1.67. The molecule has 0 saturated carbocycles. The van der Waals surface area contributed by atoms with Gasteiger partial charge in [-0.05, 0) is 41.1 Å². The van der Waals surface area contributed by atoms with Gasteiger partial charge in [0, 0.05) is 34.5 Å². The fourth-order valence-corrected chi connectivity index (χ4v) is 1.91. The van der Waals surface area contributed by atoms with Crippen LogP contribution in [0.25, 0.3) is 0 Å².